The van der Waals surface area contributed by atoms with Crippen molar-refractivity contribution in [1.82, 2.24) is 19.2 Å². The topological polar surface area (TPSA) is 43.1 Å². The Hall–Kier alpha value is -1.98. The van der Waals surface area contributed by atoms with E-state index in [-0.39, 0.29) is 5.91 Å². The van der Waals surface area contributed by atoms with Gasteiger partial charge in [0.25, 0.3) is 0 Å². The van der Waals surface area contributed by atoms with Crippen LogP contribution in [0.2, 0.25) is 10.0 Å². The van der Waals surface area contributed by atoms with Crippen molar-refractivity contribution in [1.29, 1.82) is 0 Å². The van der Waals surface area contributed by atoms with E-state index in [1.165, 1.54) is 17.7 Å². The van der Waals surface area contributed by atoms with Crippen molar-refractivity contribution in [3.8, 4) is 11.1 Å². The number of carbonyl (C=O) groups is 1. The smallest absolute Gasteiger partial charge is 0.223 e. The number of aryl methyl sites for hydroxylation is 2. The summed E-state index contributed by atoms with van der Waals surface area (Å²) in [5.41, 5.74) is 5.73. The van der Waals surface area contributed by atoms with Gasteiger partial charge in [-0.3, -0.25) is 9.48 Å². The fraction of sp³-hybridized carbons (Fsp3) is 0.500. The standard InChI is InChI=1S/C24H28Cl2N4O/c1-5-24(2)10-15(24)8-20(31)30-7-6-19-17(13-30)21-16(14-11-27-28(3)12-14)9-18(25)22(26)23(21)29(19)4/h9,11-12,15H,5-8,10,13H2,1-4H3/t15?,24-/m1/s1. The number of fused-ring (bicyclic) bond motifs is 3. The molecule has 1 aliphatic carbocycles. The van der Waals surface area contributed by atoms with Crippen molar-refractivity contribution in [3.63, 3.8) is 0 Å². The van der Waals surface area contributed by atoms with Crippen LogP contribution in [0.15, 0.2) is 18.5 Å². The number of benzene rings is 1. The molecule has 0 radical (unpaired) electrons. The molecule has 1 fully saturated rings. The van der Waals surface area contributed by atoms with E-state index < -0.39 is 0 Å². The maximum atomic E-state index is 13.1. The molecular formula is C24H28Cl2N4O. The minimum absolute atomic E-state index is 0.271. The lowest BCUT2D eigenvalue weighted by Crippen LogP contribution is -2.36. The molecule has 1 amide bonds. The van der Waals surface area contributed by atoms with Crippen molar-refractivity contribution in [3.05, 3.63) is 39.8 Å². The quantitative estimate of drug-likeness (QED) is 0.510. The van der Waals surface area contributed by atoms with Gasteiger partial charge in [-0.05, 0) is 29.4 Å². The van der Waals surface area contributed by atoms with E-state index in [0.29, 0.717) is 34.3 Å². The van der Waals surface area contributed by atoms with Crippen LogP contribution in [0.3, 0.4) is 0 Å². The molecule has 1 aromatic carbocycles. The minimum atomic E-state index is 0.271. The largest absolute Gasteiger partial charge is 0.346 e. The highest BCUT2D eigenvalue weighted by molar-refractivity contribution is 6.45. The Balaban J connectivity index is 1.56. The summed E-state index contributed by atoms with van der Waals surface area (Å²) in [4.78, 5) is 15.2. The van der Waals surface area contributed by atoms with Crippen LogP contribution in [-0.4, -0.2) is 31.7 Å². The zero-order valence-electron chi connectivity index (χ0n) is 18.5. The molecule has 5 rings (SSSR count). The van der Waals surface area contributed by atoms with Gasteiger partial charge in [-0.25, -0.2) is 0 Å². The van der Waals surface area contributed by atoms with Crippen LogP contribution in [-0.2, 0) is 31.9 Å². The third kappa shape index (κ3) is 3.28. The maximum Gasteiger partial charge on any atom is 0.223 e. The first kappa shape index (κ1) is 20.9. The summed E-state index contributed by atoms with van der Waals surface area (Å²) < 4.78 is 3.95. The average Bonchev–Trinajstić information content (AvgIpc) is 3.06. The zero-order valence-corrected chi connectivity index (χ0v) is 20.0. The number of aromatic nitrogens is 3. The van der Waals surface area contributed by atoms with Crippen molar-refractivity contribution < 1.29 is 4.79 Å². The van der Waals surface area contributed by atoms with Crippen LogP contribution < -0.4 is 0 Å². The van der Waals surface area contributed by atoms with E-state index in [1.54, 1.807) is 4.68 Å². The van der Waals surface area contributed by atoms with E-state index in [9.17, 15) is 4.79 Å². The van der Waals surface area contributed by atoms with Crippen LogP contribution in [0.1, 0.15) is 44.4 Å². The second kappa shape index (κ2) is 7.28. The molecule has 0 saturated heterocycles. The SMILES string of the molecule is CC[C@]1(C)CC1CC(=O)N1CCc2c(c3c(-c4cnn(C)c4)cc(Cl)c(Cl)c3n2C)C1. The van der Waals surface area contributed by atoms with Crippen molar-refractivity contribution in [2.75, 3.05) is 6.54 Å². The first-order valence-electron chi connectivity index (χ1n) is 11.0. The van der Waals surface area contributed by atoms with E-state index in [2.05, 4.69) is 23.5 Å². The third-order valence-corrected chi connectivity index (χ3v) is 8.47. The molecule has 7 heteroatoms. The molecule has 31 heavy (non-hydrogen) atoms. The van der Waals surface area contributed by atoms with Crippen LogP contribution in [0, 0.1) is 11.3 Å². The number of nitrogens with zero attached hydrogens (tertiary/aromatic N) is 4. The molecule has 3 aromatic rings. The normalized spacial score (nSPS) is 22.8. The van der Waals surface area contributed by atoms with Crippen LogP contribution in [0.5, 0.6) is 0 Å². The fourth-order valence-corrected chi connectivity index (χ4v) is 5.79. The van der Waals surface area contributed by atoms with Crippen molar-refractivity contribution >= 4 is 40.0 Å². The first-order valence-corrected chi connectivity index (χ1v) is 11.7. The summed E-state index contributed by atoms with van der Waals surface area (Å²) >= 11 is 13.2. The van der Waals surface area contributed by atoms with E-state index in [0.717, 1.165) is 41.4 Å². The molecule has 0 bridgehead atoms. The molecule has 2 aromatic heterocycles. The number of carbonyl (C=O) groups excluding carboxylic acids is 1. The second-order valence-corrected chi connectivity index (χ2v) is 10.3. The van der Waals surface area contributed by atoms with Gasteiger partial charge in [0, 0.05) is 68.4 Å². The predicted octanol–water partition coefficient (Wildman–Crippen LogP) is 5.60. The lowest BCUT2D eigenvalue weighted by molar-refractivity contribution is -0.132. The molecule has 3 heterocycles. The highest BCUT2D eigenvalue weighted by Crippen LogP contribution is 2.56. The number of amides is 1. The Morgan fingerprint density at radius 2 is 2.10 bits per heavy atom. The van der Waals surface area contributed by atoms with Gasteiger partial charge in [0.2, 0.25) is 5.91 Å². The second-order valence-electron chi connectivity index (χ2n) is 9.51. The van der Waals surface area contributed by atoms with Gasteiger partial charge >= 0.3 is 0 Å². The highest BCUT2D eigenvalue weighted by Gasteiger charge is 2.49. The summed E-state index contributed by atoms with van der Waals surface area (Å²) in [5.74, 6) is 0.797. The van der Waals surface area contributed by atoms with Gasteiger partial charge in [0.1, 0.15) is 0 Å². The van der Waals surface area contributed by atoms with Gasteiger partial charge in [0.05, 0.1) is 21.8 Å². The molecular weight excluding hydrogens is 431 g/mol. The van der Waals surface area contributed by atoms with E-state index in [4.69, 9.17) is 23.2 Å². The Morgan fingerprint density at radius 3 is 2.74 bits per heavy atom. The van der Waals surface area contributed by atoms with Gasteiger partial charge in [-0.1, -0.05) is 43.5 Å². The van der Waals surface area contributed by atoms with Crippen LogP contribution in [0.4, 0.5) is 0 Å². The summed E-state index contributed by atoms with van der Waals surface area (Å²) in [6.45, 7) is 5.89. The average molecular weight is 459 g/mol. The van der Waals surface area contributed by atoms with Crippen LogP contribution in [0.25, 0.3) is 22.0 Å². The number of hydrogen-bond donors (Lipinski definition) is 0. The van der Waals surface area contributed by atoms with Gasteiger partial charge in [0.15, 0.2) is 0 Å². The Labute approximate surface area is 192 Å². The summed E-state index contributed by atoms with van der Waals surface area (Å²) in [7, 11) is 3.95. The van der Waals surface area contributed by atoms with Crippen molar-refractivity contribution in [2.45, 2.75) is 46.1 Å². The molecule has 164 valence electrons. The summed E-state index contributed by atoms with van der Waals surface area (Å²) in [5, 5.41) is 6.53. The number of halogens is 2. The molecule has 1 aliphatic heterocycles. The maximum absolute atomic E-state index is 13.1. The number of rotatable bonds is 4. The lowest BCUT2D eigenvalue weighted by Gasteiger charge is -2.28. The Bertz CT molecular complexity index is 1210. The molecule has 0 spiro atoms. The van der Waals surface area contributed by atoms with Crippen molar-refractivity contribution in [2.24, 2.45) is 25.4 Å². The lowest BCUT2D eigenvalue weighted by atomic mass is 9.97. The summed E-state index contributed by atoms with van der Waals surface area (Å²) in [6.07, 6.45) is 7.63. The van der Waals surface area contributed by atoms with Gasteiger partial charge in [-0.15, -0.1) is 0 Å². The third-order valence-electron chi connectivity index (χ3n) is 7.69. The Morgan fingerprint density at radius 1 is 1.32 bits per heavy atom. The number of hydrogen-bond acceptors (Lipinski definition) is 2. The summed E-state index contributed by atoms with van der Waals surface area (Å²) in [6, 6.07) is 1.93. The zero-order chi connectivity index (χ0) is 22.1. The molecule has 5 nitrogen and oxygen atoms in total. The monoisotopic (exact) mass is 458 g/mol. The molecule has 0 N–H and O–H groups in total. The predicted molar refractivity (Wildman–Crippen MR) is 125 cm³/mol. The highest BCUT2D eigenvalue weighted by atomic mass is 35.5. The Kier molecular flexibility index (Phi) is 4.91. The van der Waals surface area contributed by atoms with E-state index in [1.807, 2.05) is 37.5 Å². The molecule has 1 unspecified atom stereocenters. The van der Waals surface area contributed by atoms with Crippen LogP contribution >= 0.6 is 23.2 Å². The minimum Gasteiger partial charge on any atom is -0.346 e. The molecule has 2 aliphatic rings. The first-order chi connectivity index (χ1) is 14.7. The van der Waals surface area contributed by atoms with Gasteiger partial charge in [-0.2, -0.15) is 5.10 Å². The van der Waals surface area contributed by atoms with E-state index >= 15 is 0 Å². The molecule has 2 atom stereocenters. The fourth-order valence-electron chi connectivity index (χ4n) is 5.31. The molecule has 1 saturated carbocycles. The van der Waals surface area contributed by atoms with Gasteiger partial charge < -0.3 is 9.47 Å².